The Labute approximate surface area is 107 Å². The number of ether oxygens (including phenoxy) is 3. The van der Waals surface area contributed by atoms with Crippen LogP contribution in [0.25, 0.3) is 0 Å². The van der Waals surface area contributed by atoms with Crippen molar-refractivity contribution in [3.63, 3.8) is 0 Å². The van der Waals surface area contributed by atoms with Crippen molar-refractivity contribution < 1.29 is 19.0 Å². The predicted molar refractivity (Wildman–Crippen MR) is 69.3 cm³/mol. The Morgan fingerprint density at radius 1 is 1.28 bits per heavy atom. The molecule has 0 aliphatic heterocycles. The highest BCUT2D eigenvalue weighted by Crippen LogP contribution is 2.29. The lowest BCUT2D eigenvalue weighted by atomic mass is 10.2. The van der Waals surface area contributed by atoms with E-state index in [1.165, 1.54) is 7.11 Å². The van der Waals surface area contributed by atoms with Gasteiger partial charge in [0.05, 0.1) is 27.0 Å². The van der Waals surface area contributed by atoms with E-state index in [1.807, 2.05) is 6.92 Å². The first-order valence-corrected chi connectivity index (χ1v) is 5.72. The van der Waals surface area contributed by atoms with Gasteiger partial charge >= 0.3 is 5.97 Å². The van der Waals surface area contributed by atoms with E-state index in [0.717, 1.165) is 0 Å². The minimum Gasteiger partial charge on any atom is -0.497 e. The molecule has 0 spiro atoms. The van der Waals surface area contributed by atoms with E-state index in [-0.39, 0.29) is 5.97 Å². The standard InChI is InChI=1S/C13H19NO4/c1-5-10(13(15)18-4)14-11-8-9(16-2)6-7-12(11)17-3/h6-8,10,14H,5H2,1-4H3. The number of esters is 1. The van der Waals surface area contributed by atoms with Crippen LogP contribution in [0.4, 0.5) is 5.69 Å². The largest absolute Gasteiger partial charge is 0.497 e. The summed E-state index contributed by atoms with van der Waals surface area (Å²) in [6.07, 6.45) is 0.618. The molecule has 1 rings (SSSR count). The normalized spacial score (nSPS) is 11.6. The van der Waals surface area contributed by atoms with Crippen LogP contribution in [0.5, 0.6) is 11.5 Å². The van der Waals surface area contributed by atoms with E-state index in [2.05, 4.69) is 5.32 Å². The number of nitrogens with one attached hydrogen (secondary N) is 1. The molecule has 1 aromatic rings. The molecule has 1 N–H and O–H groups in total. The molecule has 0 radical (unpaired) electrons. The summed E-state index contributed by atoms with van der Waals surface area (Å²) in [6.45, 7) is 1.90. The first-order valence-electron chi connectivity index (χ1n) is 5.72. The van der Waals surface area contributed by atoms with E-state index >= 15 is 0 Å². The zero-order chi connectivity index (χ0) is 13.5. The molecule has 0 bridgehead atoms. The van der Waals surface area contributed by atoms with Gasteiger partial charge in [-0.05, 0) is 18.6 Å². The van der Waals surface area contributed by atoms with Crippen molar-refractivity contribution in [3.05, 3.63) is 18.2 Å². The van der Waals surface area contributed by atoms with Crippen LogP contribution in [0, 0.1) is 0 Å². The predicted octanol–water partition coefficient (Wildman–Crippen LogP) is 2.07. The lowest BCUT2D eigenvalue weighted by Crippen LogP contribution is -2.30. The monoisotopic (exact) mass is 253 g/mol. The average Bonchev–Trinajstić information content (AvgIpc) is 2.43. The maximum Gasteiger partial charge on any atom is 0.328 e. The highest BCUT2D eigenvalue weighted by atomic mass is 16.5. The Hall–Kier alpha value is -1.91. The van der Waals surface area contributed by atoms with Gasteiger partial charge in [-0.1, -0.05) is 6.92 Å². The highest BCUT2D eigenvalue weighted by molar-refractivity contribution is 5.80. The summed E-state index contributed by atoms with van der Waals surface area (Å²) >= 11 is 0. The lowest BCUT2D eigenvalue weighted by Gasteiger charge is -2.18. The second-order valence-corrected chi connectivity index (χ2v) is 3.69. The van der Waals surface area contributed by atoms with Crippen LogP contribution in [0.15, 0.2) is 18.2 Å². The molecule has 0 saturated heterocycles. The molecule has 18 heavy (non-hydrogen) atoms. The Morgan fingerprint density at radius 2 is 2.00 bits per heavy atom. The molecule has 0 aliphatic carbocycles. The fraction of sp³-hybridized carbons (Fsp3) is 0.462. The summed E-state index contributed by atoms with van der Waals surface area (Å²) in [5, 5.41) is 3.09. The smallest absolute Gasteiger partial charge is 0.328 e. The fourth-order valence-corrected chi connectivity index (χ4v) is 1.58. The minimum absolute atomic E-state index is 0.303. The SMILES string of the molecule is CCC(Nc1cc(OC)ccc1OC)C(=O)OC. The van der Waals surface area contributed by atoms with Crippen molar-refractivity contribution >= 4 is 11.7 Å². The molecule has 0 fully saturated rings. The molecule has 0 aromatic heterocycles. The van der Waals surface area contributed by atoms with Gasteiger partial charge in [0, 0.05) is 6.07 Å². The molecule has 1 unspecified atom stereocenters. The number of anilines is 1. The Balaban J connectivity index is 2.96. The molecule has 1 aromatic carbocycles. The zero-order valence-corrected chi connectivity index (χ0v) is 11.1. The van der Waals surface area contributed by atoms with E-state index in [9.17, 15) is 4.79 Å². The van der Waals surface area contributed by atoms with Gasteiger partial charge in [-0.15, -0.1) is 0 Å². The molecule has 0 heterocycles. The Morgan fingerprint density at radius 3 is 2.50 bits per heavy atom. The second-order valence-electron chi connectivity index (χ2n) is 3.69. The van der Waals surface area contributed by atoms with Crippen LogP contribution in [-0.4, -0.2) is 33.3 Å². The van der Waals surface area contributed by atoms with E-state index in [1.54, 1.807) is 32.4 Å². The third kappa shape index (κ3) is 3.29. The number of hydrogen-bond acceptors (Lipinski definition) is 5. The number of rotatable bonds is 6. The zero-order valence-electron chi connectivity index (χ0n) is 11.1. The number of methoxy groups -OCH3 is 3. The van der Waals surface area contributed by atoms with Crippen molar-refractivity contribution in [2.24, 2.45) is 0 Å². The average molecular weight is 253 g/mol. The highest BCUT2D eigenvalue weighted by Gasteiger charge is 2.18. The molecular formula is C13H19NO4. The van der Waals surface area contributed by atoms with Gasteiger partial charge in [0.25, 0.3) is 0 Å². The van der Waals surface area contributed by atoms with Gasteiger partial charge in [-0.2, -0.15) is 0 Å². The summed E-state index contributed by atoms with van der Waals surface area (Å²) in [6, 6.07) is 4.95. The summed E-state index contributed by atoms with van der Waals surface area (Å²) in [5.41, 5.74) is 0.703. The van der Waals surface area contributed by atoms with Gasteiger partial charge in [0.1, 0.15) is 17.5 Å². The molecule has 1 atom stereocenters. The maximum atomic E-state index is 11.5. The van der Waals surface area contributed by atoms with Crippen LogP contribution in [0.1, 0.15) is 13.3 Å². The first kappa shape index (κ1) is 14.2. The molecule has 0 amide bonds. The summed E-state index contributed by atoms with van der Waals surface area (Å²) in [5.74, 6) is 1.04. The molecule has 5 nitrogen and oxygen atoms in total. The number of hydrogen-bond donors (Lipinski definition) is 1. The van der Waals surface area contributed by atoms with E-state index in [4.69, 9.17) is 14.2 Å². The van der Waals surface area contributed by atoms with E-state index in [0.29, 0.717) is 23.6 Å². The quantitative estimate of drug-likeness (QED) is 0.786. The molecule has 100 valence electrons. The van der Waals surface area contributed by atoms with Crippen molar-refractivity contribution in [2.45, 2.75) is 19.4 Å². The van der Waals surface area contributed by atoms with Gasteiger partial charge in [0.15, 0.2) is 0 Å². The van der Waals surface area contributed by atoms with Crippen LogP contribution >= 0.6 is 0 Å². The second kappa shape index (κ2) is 6.74. The Bertz CT molecular complexity index is 406. The van der Waals surface area contributed by atoms with Crippen LogP contribution < -0.4 is 14.8 Å². The number of carbonyl (C=O) groups excluding carboxylic acids is 1. The molecule has 5 heteroatoms. The molecule has 0 saturated carbocycles. The van der Waals surface area contributed by atoms with Crippen molar-refractivity contribution in [2.75, 3.05) is 26.6 Å². The maximum absolute atomic E-state index is 11.5. The van der Waals surface area contributed by atoms with Gasteiger partial charge < -0.3 is 19.5 Å². The summed E-state index contributed by atoms with van der Waals surface area (Å²) < 4.78 is 15.1. The van der Waals surface area contributed by atoms with Crippen molar-refractivity contribution in [3.8, 4) is 11.5 Å². The van der Waals surface area contributed by atoms with Crippen LogP contribution in [-0.2, 0) is 9.53 Å². The van der Waals surface area contributed by atoms with Gasteiger partial charge in [-0.25, -0.2) is 4.79 Å². The topological polar surface area (TPSA) is 56.8 Å². The van der Waals surface area contributed by atoms with Crippen LogP contribution in [0.2, 0.25) is 0 Å². The Kier molecular flexibility index (Phi) is 5.30. The number of benzene rings is 1. The lowest BCUT2D eigenvalue weighted by molar-refractivity contribution is -0.141. The number of carbonyl (C=O) groups is 1. The molecular weight excluding hydrogens is 234 g/mol. The fourth-order valence-electron chi connectivity index (χ4n) is 1.58. The van der Waals surface area contributed by atoms with Gasteiger partial charge in [-0.3, -0.25) is 0 Å². The van der Waals surface area contributed by atoms with E-state index < -0.39 is 6.04 Å². The van der Waals surface area contributed by atoms with Crippen molar-refractivity contribution in [1.82, 2.24) is 0 Å². The first-order chi connectivity index (χ1) is 8.65. The summed E-state index contributed by atoms with van der Waals surface area (Å²) in [7, 11) is 4.53. The van der Waals surface area contributed by atoms with Crippen molar-refractivity contribution in [1.29, 1.82) is 0 Å². The summed E-state index contributed by atoms with van der Waals surface area (Å²) in [4.78, 5) is 11.5. The van der Waals surface area contributed by atoms with Gasteiger partial charge in [0.2, 0.25) is 0 Å². The third-order valence-electron chi connectivity index (χ3n) is 2.63. The molecule has 0 aliphatic rings. The minimum atomic E-state index is -0.406. The van der Waals surface area contributed by atoms with Crippen LogP contribution in [0.3, 0.4) is 0 Å². The third-order valence-corrected chi connectivity index (χ3v) is 2.63.